The first-order valence-corrected chi connectivity index (χ1v) is 8.87. The predicted molar refractivity (Wildman–Crippen MR) is 109 cm³/mol. The summed E-state index contributed by atoms with van der Waals surface area (Å²) in [5, 5.41) is 14.3. The van der Waals surface area contributed by atoms with Crippen LogP contribution in [-0.2, 0) is 22.6 Å². The van der Waals surface area contributed by atoms with Crippen LogP contribution in [0.4, 0.5) is 0 Å². The van der Waals surface area contributed by atoms with Crippen molar-refractivity contribution in [3.05, 3.63) is 12.2 Å². The lowest BCUT2D eigenvalue weighted by molar-refractivity contribution is -0.147. The minimum Gasteiger partial charge on any atom is -0.357 e. The van der Waals surface area contributed by atoms with E-state index in [0.717, 1.165) is 18.8 Å². The van der Waals surface area contributed by atoms with Crippen LogP contribution in [0.15, 0.2) is 11.3 Å². The van der Waals surface area contributed by atoms with Gasteiger partial charge in [0.25, 0.3) is 0 Å². The summed E-state index contributed by atoms with van der Waals surface area (Å²) in [6.07, 6.45) is 4.12. The van der Waals surface area contributed by atoms with Crippen LogP contribution in [0.25, 0.3) is 0 Å². The first kappa shape index (κ1) is 22.3. The number of nitrogens with zero attached hydrogens (tertiary/aromatic N) is 5. The Bertz CT molecular complexity index is 601. The van der Waals surface area contributed by atoms with Gasteiger partial charge in [-0.1, -0.05) is 6.92 Å². The van der Waals surface area contributed by atoms with Crippen molar-refractivity contribution in [3.63, 3.8) is 0 Å². The van der Waals surface area contributed by atoms with E-state index < -0.39 is 0 Å². The number of piperidine rings is 1. The molecule has 0 saturated carbocycles. The molecule has 26 heavy (non-hydrogen) atoms. The molecule has 0 radical (unpaired) electrons. The van der Waals surface area contributed by atoms with Gasteiger partial charge < -0.3 is 15.2 Å². The molecule has 1 saturated heterocycles. The number of amides is 2. The first-order chi connectivity index (χ1) is 12.2. The van der Waals surface area contributed by atoms with Crippen molar-refractivity contribution in [1.29, 1.82) is 0 Å². The molecule has 1 aliphatic heterocycles. The Kier molecular flexibility index (Phi) is 10.1. The maximum absolute atomic E-state index is 11.8. The van der Waals surface area contributed by atoms with Crippen molar-refractivity contribution in [1.82, 2.24) is 30.3 Å². The fourth-order valence-electron chi connectivity index (χ4n) is 2.69. The maximum atomic E-state index is 11.8. The number of rotatable bonds is 8. The van der Waals surface area contributed by atoms with Crippen molar-refractivity contribution in [2.45, 2.75) is 46.1 Å². The van der Waals surface area contributed by atoms with Gasteiger partial charge in [-0.15, -0.1) is 34.2 Å². The van der Waals surface area contributed by atoms with Crippen molar-refractivity contribution >= 4 is 41.8 Å². The van der Waals surface area contributed by atoms with Crippen LogP contribution in [0.2, 0.25) is 0 Å². The number of nitrogens with one attached hydrogen (secondary N) is 2. The van der Waals surface area contributed by atoms with Gasteiger partial charge in [0, 0.05) is 45.4 Å². The quantitative estimate of drug-likeness (QED) is 0.245. The van der Waals surface area contributed by atoms with E-state index in [1.165, 1.54) is 4.90 Å². The molecule has 0 spiro atoms. The molecular formula is C16H28IN7O2. The zero-order chi connectivity index (χ0) is 18.1. The zero-order valence-corrected chi connectivity index (χ0v) is 17.7. The van der Waals surface area contributed by atoms with Gasteiger partial charge in [-0.25, -0.2) is 0 Å². The highest BCUT2D eigenvalue weighted by Crippen LogP contribution is 2.11. The van der Waals surface area contributed by atoms with Gasteiger partial charge in [-0.3, -0.25) is 19.5 Å². The number of halogens is 1. The summed E-state index contributed by atoms with van der Waals surface area (Å²) in [7, 11) is 0. The molecule has 1 fully saturated rings. The fourth-order valence-corrected chi connectivity index (χ4v) is 2.69. The van der Waals surface area contributed by atoms with E-state index in [-0.39, 0.29) is 35.8 Å². The van der Waals surface area contributed by atoms with E-state index in [0.29, 0.717) is 51.4 Å². The maximum Gasteiger partial charge on any atom is 0.229 e. The number of carbonyl (C=O) groups is 2. The highest BCUT2D eigenvalue weighted by atomic mass is 127. The molecule has 1 aliphatic rings. The highest BCUT2D eigenvalue weighted by Gasteiger charge is 2.25. The van der Waals surface area contributed by atoms with Crippen molar-refractivity contribution < 1.29 is 9.59 Å². The Hall–Kier alpha value is -1.72. The van der Waals surface area contributed by atoms with E-state index in [1.807, 2.05) is 18.4 Å². The number of aromatic nitrogens is 3. The zero-order valence-electron chi connectivity index (χ0n) is 15.4. The van der Waals surface area contributed by atoms with Gasteiger partial charge in [0.2, 0.25) is 11.8 Å². The summed E-state index contributed by atoms with van der Waals surface area (Å²) in [4.78, 5) is 29.4. The molecule has 1 aromatic heterocycles. The number of aliphatic imine (C=N–C) groups is 1. The first-order valence-electron chi connectivity index (χ1n) is 8.87. The SMILES string of the molecule is CCNC(=NCCn1cnnc1CC)NCCN1C(=O)CCCC1=O.I. The summed E-state index contributed by atoms with van der Waals surface area (Å²) in [5.74, 6) is 1.44. The third kappa shape index (κ3) is 6.54. The smallest absolute Gasteiger partial charge is 0.229 e. The number of likely N-dealkylation sites (tertiary alicyclic amines) is 1. The lowest BCUT2D eigenvalue weighted by Crippen LogP contribution is -2.46. The second kappa shape index (κ2) is 11.8. The summed E-state index contributed by atoms with van der Waals surface area (Å²) >= 11 is 0. The van der Waals surface area contributed by atoms with E-state index in [9.17, 15) is 9.59 Å². The molecule has 2 N–H and O–H groups in total. The molecule has 9 nitrogen and oxygen atoms in total. The van der Waals surface area contributed by atoms with E-state index >= 15 is 0 Å². The minimum atomic E-state index is -0.0836. The molecule has 1 aromatic rings. The summed E-state index contributed by atoms with van der Waals surface area (Å²) in [5.41, 5.74) is 0. The third-order valence-corrected chi connectivity index (χ3v) is 3.98. The Morgan fingerprint density at radius 1 is 1.19 bits per heavy atom. The van der Waals surface area contributed by atoms with Crippen LogP contribution in [-0.4, -0.2) is 63.6 Å². The minimum absolute atomic E-state index is 0. The molecule has 2 heterocycles. The molecule has 0 atom stereocenters. The molecule has 10 heteroatoms. The standard InChI is InChI=1S/C16H27N7O2.HI/c1-3-13-21-20-12-22(13)10-8-18-16(17-4-2)19-9-11-23-14(24)6-5-7-15(23)25;/h12H,3-11H2,1-2H3,(H2,17,18,19);1H. The van der Waals surface area contributed by atoms with Gasteiger partial charge in [0.15, 0.2) is 5.96 Å². The number of hydrogen-bond donors (Lipinski definition) is 2. The van der Waals surface area contributed by atoms with Crippen LogP contribution in [0, 0.1) is 0 Å². The average molecular weight is 477 g/mol. The monoisotopic (exact) mass is 477 g/mol. The van der Waals surface area contributed by atoms with Gasteiger partial charge in [-0.2, -0.15) is 0 Å². The Morgan fingerprint density at radius 2 is 1.92 bits per heavy atom. The van der Waals surface area contributed by atoms with Crippen LogP contribution in [0.3, 0.4) is 0 Å². The summed E-state index contributed by atoms with van der Waals surface area (Å²) in [6, 6.07) is 0. The van der Waals surface area contributed by atoms with E-state index in [4.69, 9.17) is 0 Å². The number of imide groups is 1. The number of hydrogen-bond acceptors (Lipinski definition) is 5. The summed E-state index contributed by atoms with van der Waals surface area (Å²) in [6.45, 7) is 6.91. The molecule has 0 aliphatic carbocycles. The van der Waals surface area contributed by atoms with Crippen molar-refractivity contribution in [3.8, 4) is 0 Å². The average Bonchev–Trinajstić information content (AvgIpc) is 3.05. The number of carbonyl (C=O) groups excluding carboxylic acids is 2. The number of guanidine groups is 1. The molecule has 0 bridgehead atoms. The van der Waals surface area contributed by atoms with Crippen molar-refractivity contribution in [2.75, 3.05) is 26.2 Å². The fraction of sp³-hybridized carbons (Fsp3) is 0.688. The van der Waals surface area contributed by atoms with Crippen LogP contribution in [0.5, 0.6) is 0 Å². The molecule has 2 rings (SSSR count). The van der Waals surface area contributed by atoms with E-state index in [2.05, 4.69) is 25.8 Å². The van der Waals surface area contributed by atoms with Crippen LogP contribution < -0.4 is 10.6 Å². The van der Waals surface area contributed by atoms with Gasteiger partial charge in [0.1, 0.15) is 12.2 Å². The van der Waals surface area contributed by atoms with Gasteiger partial charge in [0.05, 0.1) is 6.54 Å². The number of aryl methyl sites for hydroxylation is 1. The Balaban J connectivity index is 0.00000338. The Morgan fingerprint density at radius 3 is 2.58 bits per heavy atom. The van der Waals surface area contributed by atoms with E-state index in [1.54, 1.807) is 6.33 Å². The second-order valence-electron chi connectivity index (χ2n) is 5.77. The lowest BCUT2D eigenvalue weighted by Gasteiger charge is -2.25. The topological polar surface area (TPSA) is 105 Å². The highest BCUT2D eigenvalue weighted by molar-refractivity contribution is 14.0. The predicted octanol–water partition coefficient (Wildman–Crippen LogP) is 0.553. The molecular weight excluding hydrogens is 449 g/mol. The van der Waals surface area contributed by atoms with Crippen molar-refractivity contribution in [2.24, 2.45) is 4.99 Å². The molecule has 2 amide bonds. The lowest BCUT2D eigenvalue weighted by atomic mass is 10.1. The Labute approximate surface area is 171 Å². The van der Waals surface area contributed by atoms with Crippen LogP contribution >= 0.6 is 24.0 Å². The third-order valence-electron chi connectivity index (χ3n) is 3.98. The van der Waals surface area contributed by atoms with Gasteiger partial charge in [-0.05, 0) is 13.3 Å². The summed E-state index contributed by atoms with van der Waals surface area (Å²) < 4.78 is 1.98. The molecule has 146 valence electrons. The molecule has 0 unspecified atom stereocenters. The normalized spacial score (nSPS) is 15.0. The second-order valence-corrected chi connectivity index (χ2v) is 5.77. The largest absolute Gasteiger partial charge is 0.357 e. The molecule has 0 aromatic carbocycles. The van der Waals surface area contributed by atoms with Gasteiger partial charge >= 0.3 is 0 Å². The van der Waals surface area contributed by atoms with Crippen LogP contribution in [0.1, 0.15) is 38.9 Å².